The van der Waals surface area contributed by atoms with Crippen molar-refractivity contribution in [2.24, 2.45) is 0 Å². The fraction of sp³-hybridized carbons (Fsp3) is 0.176. The standard InChI is InChI=1S/C17H12ClF3O4/c1-24-16(23)15(25-11-8-6-10(18)7-9-11)14(22)12-4-2-3-5-13(12)17(19,20)21/h2-9,15H,1H3. The Morgan fingerprint density at radius 3 is 2.20 bits per heavy atom. The molecule has 0 bridgehead atoms. The van der Waals surface area contributed by atoms with Crippen molar-refractivity contribution in [3.63, 3.8) is 0 Å². The van der Waals surface area contributed by atoms with Crippen LogP contribution in [0.15, 0.2) is 48.5 Å². The summed E-state index contributed by atoms with van der Waals surface area (Å²) in [5.74, 6) is -2.19. The number of Topliss-reactive ketones (excluding diaryl/α,β-unsaturated/α-hetero) is 1. The second-order valence-corrected chi connectivity index (χ2v) is 5.32. The van der Waals surface area contributed by atoms with Gasteiger partial charge in [-0.05, 0) is 30.3 Å². The monoisotopic (exact) mass is 372 g/mol. The summed E-state index contributed by atoms with van der Waals surface area (Å²) in [5.41, 5.74) is -1.84. The van der Waals surface area contributed by atoms with E-state index in [-0.39, 0.29) is 5.75 Å². The van der Waals surface area contributed by atoms with Gasteiger partial charge in [-0.2, -0.15) is 13.2 Å². The topological polar surface area (TPSA) is 52.6 Å². The molecule has 4 nitrogen and oxygen atoms in total. The highest BCUT2D eigenvalue weighted by molar-refractivity contribution is 6.30. The van der Waals surface area contributed by atoms with E-state index in [0.29, 0.717) is 5.02 Å². The van der Waals surface area contributed by atoms with E-state index >= 15 is 0 Å². The van der Waals surface area contributed by atoms with Crippen molar-refractivity contribution in [2.45, 2.75) is 12.3 Å². The van der Waals surface area contributed by atoms with Gasteiger partial charge in [0, 0.05) is 10.6 Å². The molecule has 1 unspecified atom stereocenters. The number of esters is 1. The van der Waals surface area contributed by atoms with E-state index in [2.05, 4.69) is 4.74 Å². The summed E-state index contributed by atoms with van der Waals surface area (Å²) in [6, 6.07) is 9.78. The number of carbonyl (C=O) groups is 2. The molecule has 25 heavy (non-hydrogen) atoms. The van der Waals surface area contributed by atoms with E-state index in [4.69, 9.17) is 16.3 Å². The molecule has 2 aromatic rings. The SMILES string of the molecule is COC(=O)C(Oc1ccc(Cl)cc1)C(=O)c1ccccc1C(F)(F)F. The molecule has 2 aromatic carbocycles. The number of benzene rings is 2. The van der Waals surface area contributed by atoms with Crippen molar-refractivity contribution in [2.75, 3.05) is 7.11 Å². The molecule has 0 saturated heterocycles. The largest absolute Gasteiger partial charge is 0.470 e. The molecule has 0 aromatic heterocycles. The lowest BCUT2D eigenvalue weighted by molar-refractivity contribution is -0.147. The Hall–Kier alpha value is -2.54. The van der Waals surface area contributed by atoms with Crippen LogP contribution in [0.4, 0.5) is 13.2 Å². The minimum Gasteiger partial charge on any atom is -0.470 e. The molecule has 0 aliphatic heterocycles. The third-order valence-corrected chi connectivity index (χ3v) is 3.47. The Morgan fingerprint density at radius 1 is 1.04 bits per heavy atom. The Morgan fingerprint density at radius 2 is 1.64 bits per heavy atom. The highest BCUT2D eigenvalue weighted by atomic mass is 35.5. The molecule has 1 atom stereocenters. The van der Waals surface area contributed by atoms with Crippen LogP contribution in [-0.2, 0) is 15.7 Å². The molecule has 0 aliphatic carbocycles. The summed E-state index contributed by atoms with van der Waals surface area (Å²) >= 11 is 5.73. The van der Waals surface area contributed by atoms with Crippen molar-refractivity contribution >= 4 is 23.4 Å². The number of alkyl halides is 3. The Balaban J connectivity index is 2.40. The van der Waals surface area contributed by atoms with E-state index in [1.807, 2.05) is 0 Å². The van der Waals surface area contributed by atoms with Gasteiger partial charge >= 0.3 is 12.1 Å². The van der Waals surface area contributed by atoms with E-state index in [1.165, 1.54) is 30.3 Å². The van der Waals surface area contributed by atoms with Crippen LogP contribution in [0.3, 0.4) is 0 Å². The molecule has 0 heterocycles. The van der Waals surface area contributed by atoms with Crippen LogP contribution in [-0.4, -0.2) is 25.0 Å². The lowest BCUT2D eigenvalue weighted by Gasteiger charge is -2.18. The fourth-order valence-electron chi connectivity index (χ4n) is 2.05. The van der Waals surface area contributed by atoms with Crippen LogP contribution in [0, 0.1) is 0 Å². The van der Waals surface area contributed by atoms with Crippen LogP contribution in [0.5, 0.6) is 5.75 Å². The smallest absolute Gasteiger partial charge is 0.417 e. The van der Waals surface area contributed by atoms with E-state index in [9.17, 15) is 22.8 Å². The lowest BCUT2D eigenvalue weighted by Crippen LogP contribution is -2.37. The highest BCUT2D eigenvalue weighted by Crippen LogP contribution is 2.32. The van der Waals surface area contributed by atoms with E-state index < -0.39 is 35.2 Å². The molecule has 8 heteroatoms. The first kappa shape index (κ1) is 18.8. The first-order chi connectivity index (χ1) is 11.7. The van der Waals surface area contributed by atoms with Crippen molar-refractivity contribution in [3.05, 3.63) is 64.7 Å². The third kappa shape index (κ3) is 4.51. The maximum Gasteiger partial charge on any atom is 0.417 e. The molecular formula is C17H12ClF3O4. The van der Waals surface area contributed by atoms with Gasteiger partial charge in [0.05, 0.1) is 12.7 Å². The first-order valence-electron chi connectivity index (χ1n) is 6.94. The second kappa shape index (κ2) is 7.57. The van der Waals surface area contributed by atoms with Gasteiger partial charge < -0.3 is 9.47 Å². The van der Waals surface area contributed by atoms with Crippen LogP contribution < -0.4 is 4.74 Å². The molecule has 0 N–H and O–H groups in total. The number of hydrogen-bond donors (Lipinski definition) is 0. The lowest BCUT2D eigenvalue weighted by atomic mass is 9.99. The molecule has 0 spiro atoms. The normalized spacial score (nSPS) is 12.4. The Kier molecular flexibility index (Phi) is 5.69. The fourth-order valence-corrected chi connectivity index (χ4v) is 2.18. The molecule has 0 aliphatic rings. The molecule has 132 valence electrons. The zero-order chi connectivity index (χ0) is 18.6. The van der Waals surface area contributed by atoms with Gasteiger partial charge in [-0.3, -0.25) is 4.79 Å². The number of halogens is 4. The molecule has 2 rings (SSSR count). The number of ether oxygens (including phenoxy) is 2. The van der Waals surface area contributed by atoms with Crippen molar-refractivity contribution < 1.29 is 32.2 Å². The van der Waals surface area contributed by atoms with Gasteiger partial charge in [0.1, 0.15) is 5.75 Å². The van der Waals surface area contributed by atoms with Crippen LogP contribution >= 0.6 is 11.6 Å². The molecule has 0 saturated carbocycles. The minimum atomic E-state index is -4.76. The number of rotatable bonds is 5. The molecule has 0 fully saturated rings. The van der Waals surface area contributed by atoms with Gasteiger partial charge in [0.25, 0.3) is 6.10 Å². The van der Waals surface area contributed by atoms with E-state index in [0.717, 1.165) is 25.3 Å². The summed E-state index contributed by atoms with van der Waals surface area (Å²) in [5, 5.41) is 0.385. The van der Waals surface area contributed by atoms with Gasteiger partial charge in [-0.25, -0.2) is 4.79 Å². The summed E-state index contributed by atoms with van der Waals surface area (Å²) in [6.45, 7) is 0. The summed E-state index contributed by atoms with van der Waals surface area (Å²) in [7, 11) is 1.00. The van der Waals surface area contributed by atoms with Crippen molar-refractivity contribution in [1.29, 1.82) is 0 Å². The van der Waals surface area contributed by atoms with Crippen LogP contribution in [0.25, 0.3) is 0 Å². The van der Waals surface area contributed by atoms with Crippen LogP contribution in [0.1, 0.15) is 15.9 Å². The zero-order valence-corrected chi connectivity index (χ0v) is 13.6. The third-order valence-electron chi connectivity index (χ3n) is 3.22. The quantitative estimate of drug-likeness (QED) is 0.449. The number of hydrogen-bond acceptors (Lipinski definition) is 4. The molecule has 0 radical (unpaired) electrons. The summed E-state index contributed by atoms with van der Waals surface area (Å²) in [6.07, 6.45) is -6.64. The number of ketones is 1. The predicted molar refractivity (Wildman–Crippen MR) is 83.7 cm³/mol. The zero-order valence-electron chi connectivity index (χ0n) is 12.8. The van der Waals surface area contributed by atoms with Crippen molar-refractivity contribution in [3.8, 4) is 5.75 Å². The van der Waals surface area contributed by atoms with Gasteiger partial charge in [-0.15, -0.1) is 0 Å². The molecule has 0 amide bonds. The van der Waals surface area contributed by atoms with E-state index in [1.54, 1.807) is 0 Å². The summed E-state index contributed by atoms with van der Waals surface area (Å²) in [4.78, 5) is 24.4. The average molecular weight is 373 g/mol. The Bertz CT molecular complexity index is 772. The Labute approximate surface area is 146 Å². The van der Waals surface area contributed by atoms with Crippen LogP contribution in [0.2, 0.25) is 5.02 Å². The van der Waals surface area contributed by atoms with Gasteiger partial charge in [0.15, 0.2) is 0 Å². The van der Waals surface area contributed by atoms with Crippen molar-refractivity contribution in [1.82, 2.24) is 0 Å². The minimum absolute atomic E-state index is 0.0811. The summed E-state index contributed by atoms with van der Waals surface area (Å²) < 4.78 is 49.0. The predicted octanol–water partition coefficient (Wildman–Crippen LogP) is 4.16. The molecular weight excluding hydrogens is 361 g/mol. The van der Waals surface area contributed by atoms with Gasteiger partial charge in [0.2, 0.25) is 5.78 Å². The number of methoxy groups -OCH3 is 1. The maximum absolute atomic E-state index is 13.1. The van der Waals surface area contributed by atoms with Gasteiger partial charge in [-0.1, -0.05) is 29.8 Å². The number of carbonyl (C=O) groups excluding carboxylic acids is 2. The maximum atomic E-state index is 13.1. The second-order valence-electron chi connectivity index (χ2n) is 4.88. The average Bonchev–Trinajstić information content (AvgIpc) is 2.59. The first-order valence-corrected chi connectivity index (χ1v) is 7.32. The highest BCUT2D eigenvalue weighted by Gasteiger charge is 2.39.